The fourth-order valence-electron chi connectivity index (χ4n) is 1.47. The van der Waals surface area contributed by atoms with E-state index in [1.165, 1.54) is 0 Å². The zero-order chi connectivity index (χ0) is 9.26. The third-order valence-corrected chi connectivity index (χ3v) is 2.18. The van der Waals surface area contributed by atoms with E-state index in [9.17, 15) is 0 Å². The highest BCUT2D eigenvalue weighted by molar-refractivity contribution is 5.40. The predicted molar refractivity (Wildman–Crippen MR) is 48.0 cm³/mol. The van der Waals surface area contributed by atoms with E-state index >= 15 is 0 Å². The average molecular weight is 180 g/mol. The first-order valence-corrected chi connectivity index (χ1v) is 4.25. The SMILES string of the molecule is Nc1cnc2c(c1)COC(CO)C2. The summed E-state index contributed by atoms with van der Waals surface area (Å²) in [6.07, 6.45) is 2.20. The largest absolute Gasteiger partial charge is 0.397 e. The third-order valence-electron chi connectivity index (χ3n) is 2.18. The van der Waals surface area contributed by atoms with Crippen molar-refractivity contribution in [1.29, 1.82) is 0 Å². The van der Waals surface area contributed by atoms with Crippen LogP contribution in [-0.2, 0) is 17.8 Å². The van der Waals surface area contributed by atoms with Crippen molar-refractivity contribution in [2.24, 2.45) is 0 Å². The van der Waals surface area contributed by atoms with Crippen molar-refractivity contribution >= 4 is 5.69 Å². The highest BCUT2D eigenvalue weighted by Gasteiger charge is 2.19. The Bertz CT molecular complexity index is 314. The normalized spacial score (nSPS) is 21.2. The number of rotatable bonds is 1. The van der Waals surface area contributed by atoms with E-state index < -0.39 is 0 Å². The molecule has 0 bridgehead atoms. The molecule has 1 aromatic rings. The van der Waals surface area contributed by atoms with Gasteiger partial charge in [0, 0.05) is 17.7 Å². The van der Waals surface area contributed by atoms with Crippen LogP contribution >= 0.6 is 0 Å². The van der Waals surface area contributed by atoms with E-state index in [-0.39, 0.29) is 12.7 Å². The molecule has 0 aliphatic carbocycles. The Kier molecular flexibility index (Phi) is 2.16. The summed E-state index contributed by atoms with van der Waals surface area (Å²) in [6, 6.07) is 1.87. The topological polar surface area (TPSA) is 68.4 Å². The van der Waals surface area contributed by atoms with Crippen LogP contribution in [0.25, 0.3) is 0 Å². The van der Waals surface area contributed by atoms with Crippen molar-refractivity contribution in [3.05, 3.63) is 23.5 Å². The maximum absolute atomic E-state index is 8.89. The molecule has 3 N–H and O–H groups in total. The molecule has 1 aromatic heterocycles. The van der Waals surface area contributed by atoms with Gasteiger partial charge in [0.15, 0.2) is 0 Å². The third kappa shape index (κ3) is 1.64. The molecule has 4 nitrogen and oxygen atoms in total. The van der Waals surface area contributed by atoms with Crippen LogP contribution in [0, 0.1) is 0 Å². The second-order valence-electron chi connectivity index (χ2n) is 3.19. The first-order valence-electron chi connectivity index (χ1n) is 4.25. The molecule has 2 heterocycles. The Morgan fingerprint density at radius 3 is 3.31 bits per heavy atom. The maximum Gasteiger partial charge on any atom is 0.0865 e. The minimum atomic E-state index is -0.108. The summed E-state index contributed by atoms with van der Waals surface area (Å²) >= 11 is 0. The van der Waals surface area contributed by atoms with Gasteiger partial charge in [-0.05, 0) is 6.07 Å². The van der Waals surface area contributed by atoms with Gasteiger partial charge in [-0.1, -0.05) is 0 Å². The van der Waals surface area contributed by atoms with Gasteiger partial charge in [-0.2, -0.15) is 0 Å². The first kappa shape index (κ1) is 8.47. The molecular weight excluding hydrogens is 168 g/mol. The van der Waals surface area contributed by atoms with E-state index in [0.29, 0.717) is 18.7 Å². The molecule has 0 fully saturated rings. The number of nitrogen functional groups attached to an aromatic ring is 1. The summed E-state index contributed by atoms with van der Waals surface area (Å²) in [5, 5.41) is 8.89. The molecule has 0 spiro atoms. The number of fused-ring (bicyclic) bond motifs is 1. The van der Waals surface area contributed by atoms with Crippen LogP contribution < -0.4 is 5.73 Å². The van der Waals surface area contributed by atoms with Crippen molar-refractivity contribution < 1.29 is 9.84 Å². The molecule has 4 heteroatoms. The van der Waals surface area contributed by atoms with Gasteiger partial charge in [0.1, 0.15) is 0 Å². The number of nitrogens with two attached hydrogens (primary N) is 1. The lowest BCUT2D eigenvalue weighted by atomic mass is 10.1. The van der Waals surface area contributed by atoms with E-state index in [1.54, 1.807) is 6.20 Å². The number of hydrogen-bond acceptors (Lipinski definition) is 4. The number of aromatic nitrogens is 1. The summed E-state index contributed by atoms with van der Waals surface area (Å²) in [5.41, 5.74) is 8.26. The summed E-state index contributed by atoms with van der Waals surface area (Å²) in [7, 11) is 0. The van der Waals surface area contributed by atoms with Gasteiger partial charge >= 0.3 is 0 Å². The number of pyridine rings is 1. The van der Waals surface area contributed by atoms with Crippen LogP contribution in [0.4, 0.5) is 5.69 Å². The molecule has 2 rings (SSSR count). The minimum Gasteiger partial charge on any atom is -0.397 e. The highest BCUT2D eigenvalue weighted by Crippen LogP contribution is 2.19. The highest BCUT2D eigenvalue weighted by atomic mass is 16.5. The second kappa shape index (κ2) is 3.32. The maximum atomic E-state index is 8.89. The van der Waals surface area contributed by atoms with E-state index in [2.05, 4.69) is 4.98 Å². The predicted octanol–water partition coefficient (Wildman–Crippen LogP) is 0.0974. The van der Waals surface area contributed by atoms with Crippen LogP contribution in [0.3, 0.4) is 0 Å². The van der Waals surface area contributed by atoms with Crippen LogP contribution in [0.2, 0.25) is 0 Å². The standard InChI is InChI=1S/C9H12N2O2/c10-7-1-6-5-13-8(4-12)2-9(6)11-3-7/h1,3,8,12H,2,4-5,10H2. The van der Waals surface area contributed by atoms with Gasteiger partial charge < -0.3 is 15.6 Å². The fraction of sp³-hybridized carbons (Fsp3) is 0.444. The first-order chi connectivity index (χ1) is 6.29. The molecular formula is C9H12N2O2. The Hall–Kier alpha value is -1.13. The monoisotopic (exact) mass is 180 g/mol. The number of aliphatic hydroxyl groups is 1. The molecule has 1 unspecified atom stereocenters. The number of hydrogen-bond donors (Lipinski definition) is 2. The molecule has 0 radical (unpaired) electrons. The van der Waals surface area contributed by atoms with Gasteiger partial charge in [0.05, 0.1) is 31.2 Å². The summed E-state index contributed by atoms with van der Waals surface area (Å²) in [4.78, 5) is 4.20. The van der Waals surface area contributed by atoms with Crippen molar-refractivity contribution in [3.8, 4) is 0 Å². The molecule has 70 valence electrons. The van der Waals surface area contributed by atoms with Crippen molar-refractivity contribution in [3.63, 3.8) is 0 Å². The van der Waals surface area contributed by atoms with E-state index in [0.717, 1.165) is 11.3 Å². The number of aliphatic hydroxyl groups excluding tert-OH is 1. The van der Waals surface area contributed by atoms with E-state index in [4.69, 9.17) is 15.6 Å². The average Bonchev–Trinajstić information content (AvgIpc) is 2.17. The molecule has 0 aromatic carbocycles. The number of nitrogens with zero attached hydrogens (tertiary/aromatic N) is 1. The number of ether oxygens (including phenoxy) is 1. The molecule has 1 aliphatic heterocycles. The Morgan fingerprint density at radius 2 is 2.54 bits per heavy atom. The Balaban J connectivity index is 2.26. The summed E-state index contributed by atoms with van der Waals surface area (Å²) in [5.74, 6) is 0. The quantitative estimate of drug-likeness (QED) is 0.643. The zero-order valence-electron chi connectivity index (χ0n) is 7.23. The van der Waals surface area contributed by atoms with Crippen molar-refractivity contribution in [2.45, 2.75) is 19.1 Å². The Labute approximate surface area is 76.4 Å². The summed E-state index contributed by atoms with van der Waals surface area (Å²) < 4.78 is 5.36. The van der Waals surface area contributed by atoms with Gasteiger partial charge in [-0.25, -0.2) is 0 Å². The van der Waals surface area contributed by atoms with Gasteiger partial charge in [-0.3, -0.25) is 4.98 Å². The van der Waals surface area contributed by atoms with Crippen LogP contribution in [0.1, 0.15) is 11.3 Å². The molecule has 0 saturated carbocycles. The lowest BCUT2D eigenvalue weighted by Gasteiger charge is -2.22. The molecule has 0 amide bonds. The van der Waals surface area contributed by atoms with Crippen molar-refractivity contribution in [2.75, 3.05) is 12.3 Å². The molecule has 0 saturated heterocycles. The fourth-order valence-corrected chi connectivity index (χ4v) is 1.47. The lowest BCUT2D eigenvalue weighted by molar-refractivity contribution is -0.00811. The smallest absolute Gasteiger partial charge is 0.0865 e. The van der Waals surface area contributed by atoms with Crippen LogP contribution in [-0.4, -0.2) is 22.8 Å². The van der Waals surface area contributed by atoms with Gasteiger partial charge in [-0.15, -0.1) is 0 Å². The van der Waals surface area contributed by atoms with Crippen LogP contribution in [0.15, 0.2) is 12.3 Å². The molecule has 1 aliphatic rings. The van der Waals surface area contributed by atoms with Crippen molar-refractivity contribution in [1.82, 2.24) is 4.98 Å². The summed E-state index contributed by atoms with van der Waals surface area (Å²) in [6.45, 7) is 0.546. The minimum absolute atomic E-state index is 0.0471. The lowest BCUT2D eigenvalue weighted by Crippen LogP contribution is -2.26. The zero-order valence-corrected chi connectivity index (χ0v) is 7.23. The van der Waals surface area contributed by atoms with Gasteiger partial charge in [0.2, 0.25) is 0 Å². The van der Waals surface area contributed by atoms with E-state index in [1.807, 2.05) is 6.07 Å². The Morgan fingerprint density at radius 1 is 1.69 bits per heavy atom. The van der Waals surface area contributed by atoms with Gasteiger partial charge in [0.25, 0.3) is 0 Å². The molecule has 13 heavy (non-hydrogen) atoms. The second-order valence-corrected chi connectivity index (χ2v) is 3.19. The molecule has 1 atom stereocenters. The number of anilines is 1. The van der Waals surface area contributed by atoms with Crippen LogP contribution in [0.5, 0.6) is 0 Å².